The number of hydrogen-bond donors (Lipinski definition) is 1. The maximum Gasteiger partial charge on any atom is 0.230 e. The molecule has 150 valence electrons. The standard InChI is InChI=1S/C24H32N2OS/c27-24(18-28-23-11-10-20-8-4-5-9-21(20)16-23)25-22-12-14-26(15-13-22)17-19-6-2-1-3-7-19/h4-5,8-11,16,19,22H,1-3,6-7,12-15,17-18H2,(H,25,27). The quantitative estimate of drug-likeness (QED) is 0.690. The molecular formula is C24H32N2OS. The Morgan fingerprint density at radius 2 is 1.71 bits per heavy atom. The molecular weight excluding hydrogens is 364 g/mol. The fourth-order valence-corrected chi connectivity index (χ4v) is 5.43. The van der Waals surface area contributed by atoms with Crippen molar-refractivity contribution in [1.82, 2.24) is 10.2 Å². The first-order valence-corrected chi connectivity index (χ1v) is 11.9. The molecule has 28 heavy (non-hydrogen) atoms. The average molecular weight is 397 g/mol. The number of thioether (sulfide) groups is 1. The summed E-state index contributed by atoms with van der Waals surface area (Å²) < 4.78 is 0. The monoisotopic (exact) mass is 396 g/mol. The van der Waals surface area contributed by atoms with E-state index in [4.69, 9.17) is 0 Å². The van der Waals surface area contributed by atoms with Crippen LogP contribution in [0.1, 0.15) is 44.9 Å². The molecule has 1 heterocycles. The van der Waals surface area contributed by atoms with Gasteiger partial charge in [-0.25, -0.2) is 0 Å². The Bertz CT molecular complexity index is 779. The number of fused-ring (bicyclic) bond motifs is 1. The highest BCUT2D eigenvalue weighted by Crippen LogP contribution is 2.26. The van der Waals surface area contributed by atoms with Gasteiger partial charge < -0.3 is 10.2 Å². The van der Waals surface area contributed by atoms with E-state index in [1.165, 1.54) is 49.4 Å². The van der Waals surface area contributed by atoms with Crippen molar-refractivity contribution in [3.05, 3.63) is 42.5 Å². The number of nitrogens with one attached hydrogen (secondary N) is 1. The minimum Gasteiger partial charge on any atom is -0.353 e. The van der Waals surface area contributed by atoms with Gasteiger partial charge >= 0.3 is 0 Å². The number of likely N-dealkylation sites (tertiary alicyclic amines) is 1. The van der Waals surface area contributed by atoms with E-state index < -0.39 is 0 Å². The number of hydrogen-bond acceptors (Lipinski definition) is 3. The van der Waals surface area contributed by atoms with Crippen molar-refractivity contribution in [2.75, 3.05) is 25.4 Å². The molecule has 2 aromatic rings. The van der Waals surface area contributed by atoms with Crippen molar-refractivity contribution in [2.24, 2.45) is 5.92 Å². The summed E-state index contributed by atoms with van der Waals surface area (Å²) in [5.74, 6) is 1.59. The smallest absolute Gasteiger partial charge is 0.230 e. The van der Waals surface area contributed by atoms with E-state index in [0.717, 1.165) is 36.7 Å². The highest BCUT2D eigenvalue weighted by molar-refractivity contribution is 8.00. The molecule has 1 saturated heterocycles. The second-order valence-corrected chi connectivity index (χ2v) is 9.49. The molecule has 0 atom stereocenters. The summed E-state index contributed by atoms with van der Waals surface area (Å²) in [4.78, 5) is 16.2. The van der Waals surface area contributed by atoms with Crippen LogP contribution in [-0.4, -0.2) is 42.2 Å². The van der Waals surface area contributed by atoms with Gasteiger partial charge in [0.1, 0.15) is 0 Å². The molecule has 3 nitrogen and oxygen atoms in total. The maximum absolute atomic E-state index is 12.4. The summed E-state index contributed by atoms with van der Waals surface area (Å²) in [7, 11) is 0. The van der Waals surface area contributed by atoms with Crippen molar-refractivity contribution in [3.8, 4) is 0 Å². The van der Waals surface area contributed by atoms with Gasteiger partial charge in [0.05, 0.1) is 5.75 Å². The lowest BCUT2D eigenvalue weighted by Crippen LogP contribution is -2.46. The second kappa shape index (κ2) is 9.80. The summed E-state index contributed by atoms with van der Waals surface area (Å²) in [6.45, 7) is 3.55. The minimum absolute atomic E-state index is 0.170. The topological polar surface area (TPSA) is 32.3 Å². The fraction of sp³-hybridized carbons (Fsp3) is 0.542. The number of benzene rings is 2. The van der Waals surface area contributed by atoms with Crippen LogP contribution in [0.15, 0.2) is 47.4 Å². The first kappa shape index (κ1) is 19.8. The third-order valence-electron chi connectivity index (χ3n) is 6.28. The molecule has 2 fully saturated rings. The Morgan fingerprint density at radius 3 is 2.50 bits per heavy atom. The lowest BCUT2D eigenvalue weighted by atomic mass is 9.88. The minimum atomic E-state index is 0.170. The summed E-state index contributed by atoms with van der Waals surface area (Å²) in [6, 6.07) is 15.1. The zero-order valence-corrected chi connectivity index (χ0v) is 17.6. The van der Waals surface area contributed by atoms with Crippen molar-refractivity contribution in [1.29, 1.82) is 0 Å². The van der Waals surface area contributed by atoms with E-state index in [1.54, 1.807) is 11.8 Å². The van der Waals surface area contributed by atoms with Crippen molar-refractivity contribution >= 4 is 28.4 Å². The molecule has 2 aliphatic rings. The Labute approximate surface area is 173 Å². The van der Waals surface area contributed by atoms with Crippen molar-refractivity contribution < 1.29 is 4.79 Å². The maximum atomic E-state index is 12.4. The van der Waals surface area contributed by atoms with Crippen LogP contribution in [0, 0.1) is 5.92 Å². The van der Waals surface area contributed by atoms with Gasteiger partial charge in [-0.1, -0.05) is 49.6 Å². The third-order valence-corrected chi connectivity index (χ3v) is 7.28. The lowest BCUT2D eigenvalue weighted by molar-refractivity contribution is -0.119. The molecule has 2 aromatic carbocycles. The molecule has 0 spiro atoms. The van der Waals surface area contributed by atoms with Gasteiger partial charge in [0.25, 0.3) is 0 Å². The molecule has 0 radical (unpaired) electrons. The normalized spacial score (nSPS) is 19.7. The summed E-state index contributed by atoms with van der Waals surface area (Å²) in [5.41, 5.74) is 0. The highest BCUT2D eigenvalue weighted by atomic mass is 32.2. The zero-order valence-electron chi connectivity index (χ0n) is 16.7. The van der Waals surface area contributed by atoms with E-state index >= 15 is 0 Å². The van der Waals surface area contributed by atoms with E-state index in [1.807, 2.05) is 0 Å². The first-order valence-electron chi connectivity index (χ1n) is 10.9. The lowest BCUT2D eigenvalue weighted by Gasteiger charge is -2.35. The van der Waals surface area contributed by atoms with Crippen LogP contribution >= 0.6 is 11.8 Å². The number of carbonyl (C=O) groups excluding carboxylic acids is 1. The fourth-order valence-electron chi connectivity index (χ4n) is 4.67. The second-order valence-electron chi connectivity index (χ2n) is 8.44. The SMILES string of the molecule is O=C(CSc1ccc2ccccc2c1)NC1CCN(CC2CCCCC2)CC1. The van der Waals surface area contributed by atoms with E-state index in [2.05, 4.69) is 52.7 Å². The number of nitrogens with zero attached hydrogens (tertiary/aromatic N) is 1. The number of amides is 1. The largest absolute Gasteiger partial charge is 0.353 e. The predicted octanol–water partition coefficient (Wildman–Crippen LogP) is 5.09. The van der Waals surface area contributed by atoms with E-state index in [9.17, 15) is 4.79 Å². The van der Waals surface area contributed by atoms with Gasteiger partial charge in [0.15, 0.2) is 0 Å². The van der Waals surface area contributed by atoms with Gasteiger partial charge in [0.2, 0.25) is 5.91 Å². The Balaban J connectivity index is 1.18. The number of rotatable bonds is 6. The molecule has 1 aliphatic carbocycles. The molecule has 1 N–H and O–H groups in total. The highest BCUT2D eigenvalue weighted by Gasteiger charge is 2.23. The van der Waals surface area contributed by atoms with Gasteiger partial charge in [-0.3, -0.25) is 4.79 Å². The average Bonchev–Trinajstić information content (AvgIpc) is 2.74. The van der Waals surface area contributed by atoms with Gasteiger partial charge in [-0.15, -0.1) is 11.8 Å². The molecule has 1 amide bonds. The van der Waals surface area contributed by atoms with Crippen LogP contribution in [0.25, 0.3) is 10.8 Å². The van der Waals surface area contributed by atoms with Crippen molar-refractivity contribution in [3.63, 3.8) is 0 Å². The molecule has 0 unspecified atom stereocenters. The number of piperidine rings is 1. The molecule has 1 saturated carbocycles. The first-order chi connectivity index (χ1) is 13.8. The molecule has 4 heteroatoms. The van der Waals surface area contributed by atoms with Crippen LogP contribution < -0.4 is 5.32 Å². The Hall–Kier alpha value is -1.52. The van der Waals surface area contributed by atoms with E-state index in [-0.39, 0.29) is 5.91 Å². The van der Waals surface area contributed by atoms with Gasteiger partial charge in [-0.2, -0.15) is 0 Å². The summed E-state index contributed by atoms with van der Waals surface area (Å²) >= 11 is 1.63. The van der Waals surface area contributed by atoms with Crippen LogP contribution in [-0.2, 0) is 4.79 Å². The van der Waals surface area contributed by atoms with Gasteiger partial charge in [-0.05, 0) is 54.5 Å². The summed E-state index contributed by atoms with van der Waals surface area (Å²) in [5, 5.41) is 5.75. The Morgan fingerprint density at radius 1 is 0.964 bits per heavy atom. The predicted molar refractivity (Wildman–Crippen MR) is 119 cm³/mol. The number of carbonyl (C=O) groups is 1. The zero-order chi connectivity index (χ0) is 19.2. The van der Waals surface area contributed by atoms with Crippen LogP contribution in [0.3, 0.4) is 0 Å². The van der Waals surface area contributed by atoms with Crippen LogP contribution in [0.4, 0.5) is 0 Å². The molecule has 4 rings (SSSR count). The van der Waals surface area contributed by atoms with Crippen LogP contribution in [0.5, 0.6) is 0 Å². The van der Waals surface area contributed by atoms with Crippen LogP contribution in [0.2, 0.25) is 0 Å². The summed E-state index contributed by atoms with van der Waals surface area (Å²) in [6.07, 6.45) is 9.31. The molecule has 1 aliphatic heterocycles. The molecule has 0 bridgehead atoms. The van der Waals surface area contributed by atoms with Gasteiger partial charge in [0, 0.05) is 30.6 Å². The third kappa shape index (κ3) is 5.51. The van der Waals surface area contributed by atoms with Crippen molar-refractivity contribution in [2.45, 2.75) is 55.9 Å². The Kier molecular flexibility index (Phi) is 6.92. The molecule has 0 aromatic heterocycles. The van der Waals surface area contributed by atoms with E-state index in [0.29, 0.717) is 11.8 Å².